The number of fused-ring (bicyclic) bond motifs is 1. The summed E-state index contributed by atoms with van der Waals surface area (Å²) in [6.45, 7) is -1.30. The highest BCUT2D eigenvalue weighted by Crippen LogP contribution is 2.38. The molecule has 0 bridgehead atoms. The second-order valence-corrected chi connectivity index (χ2v) is 10.0. The lowest BCUT2D eigenvalue weighted by Crippen LogP contribution is -2.49. The van der Waals surface area contributed by atoms with Crippen LogP contribution in [0.1, 0.15) is 22.3 Å². The lowest BCUT2D eigenvalue weighted by Gasteiger charge is -2.35. The molecule has 4 heterocycles. The van der Waals surface area contributed by atoms with Crippen LogP contribution in [0.3, 0.4) is 0 Å². The number of Topliss-reactive ketones (excluding diaryl/α,β-unsaturated/α-hetero) is 1. The molecule has 9 nitrogen and oxygen atoms in total. The van der Waals surface area contributed by atoms with E-state index in [-0.39, 0.29) is 48.6 Å². The van der Waals surface area contributed by atoms with Crippen molar-refractivity contribution in [2.45, 2.75) is 31.0 Å². The van der Waals surface area contributed by atoms with Gasteiger partial charge in [-0.2, -0.15) is 26.3 Å². The third-order valence-electron chi connectivity index (χ3n) is 7.10. The molecular weight excluding hydrogens is 594 g/mol. The van der Waals surface area contributed by atoms with E-state index in [9.17, 15) is 31.1 Å². The first-order valence-electron chi connectivity index (χ1n) is 13.3. The number of ketones is 1. The summed E-state index contributed by atoms with van der Waals surface area (Å²) in [6, 6.07) is 16.9. The molecule has 6 rings (SSSR count). The number of hydrogen-bond donors (Lipinski definition) is 1. The van der Waals surface area contributed by atoms with Crippen molar-refractivity contribution in [3.05, 3.63) is 89.1 Å². The normalized spacial score (nSPS) is 19.3. The Balaban J connectivity index is 1.34. The summed E-state index contributed by atoms with van der Waals surface area (Å²) >= 11 is 0. The molecule has 2 atom stereocenters. The molecule has 1 N–H and O–H groups in total. The average molecular weight is 617 g/mol. The minimum Gasteiger partial charge on any atom is -0.402 e. The number of aromatic nitrogens is 3. The fourth-order valence-corrected chi connectivity index (χ4v) is 4.97. The summed E-state index contributed by atoms with van der Waals surface area (Å²) in [5.41, 5.74) is 1.10. The molecule has 4 aromatic rings. The lowest BCUT2D eigenvalue weighted by molar-refractivity contribution is -0.221. The number of carbonyl (C=O) groups is 1. The molecule has 2 aromatic heterocycles. The van der Waals surface area contributed by atoms with Crippen LogP contribution >= 0.6 is 0 Å². The zero-order valence-electron chi connectivity index (χ0n) is 22.6. The number of hydrogen-bond acceptors (Lipinski definition) is 9. The van der Waals surface area contributed by atoms with Gasteiger partial charge >= 0.3 is 18.4 Å². The molecule has 0 amide bonds. The van der Waals surface area contributed by atoms with E-state index in [1.54, 1.807) is 0 Å². The second kappa shape index (κ2) is 11.4. The van der Waals surface area contributed by atoms with E-state index in [1.165, 1.54) is 0 Å². The Kier molecular flexibility index (Phi) is 7.57. The van der Waals surface area contributed by atoms with Crippen LogP contribution in [0.5, 0.6) is 0 Å². The van der Waals surface area contributed by atoms with Crippen molar-refractivity contribution in [3.63, 3.8) is 0 Å². The topological polar surface area (TPSA) is 106 Å². The number of aliphatic imine (C=N–C) groups is 1. The first-order valence-corrected chi connectivity index (χ1v) is 13.3. The van der Waals surface area contributed by atoms with E-state index < -0.39 is 36.7 Å². The number of nitrogens with one attached hydrogen (secondary N) is 1. The number of nitrogens with zero attached hydrogens (tertiary/aromatic N) is 5. The fourth-order valence-electron chi connectivity index (χ4n) is 4.97. The zero-order chi connectivity index (χ0) is 31.1. The smallest absolute Gasteiger partial charge is 0.402 e. The number of rotatable bonds is 5. The van der Waals surface area contributed by atoms with E-state index in [0.29, 0.717) is 18.0 Å². The molecule has 1 unspecified atom stereocenters. The predicted molar refractivity (Wildman–Crippen MR) is 145 cm³/mol. The molecule has 44 heavy (non-hydrogen) atoms. The summed E-state index contributed by atoms with van der Waals surface area (Å²) in [5.74, 6) is -0.689. The third-order valence-corrected chi connectivity index (χ3v) is 7.10. The molecule has 0 radical (unpaired) electrons. The number of halogens is 6. The predicted octanol–water partition coefficient (Wildman–Crippen LogP) is 5.32. The highest BCUT2D eigenvalue weighted by Gasteiger charge is 2.44. The minimum absolute atomic E-state index is 0.0384. The summed E-state index contributed by atoms with van der Waals surface area (Å²) in [5, 5.41) is 10.5. The Morgan fingerprint density at radius 1 is 0.955 bits per heavy atom. The van der Waals surface area contributed by atoms with Gasteiger partial charge in [0.1, 0.15) is 0 Å². The van der Waals surface area contributed by atoms with Crippen LogP contribution in [0, 0.1) is 0 Å². The number of alkyl halides is 6. The first-order chi connectivity index (χ1) is 21.0. The Bertz CT molecular complexity index is 1710. The monoisotopic (exact) mass is 616 g/mol. The largest absolute Gasteiger partial charge is 0.417 e. The first kappa shape index (κ1) is 29.3. The number of carbonyl (C=O) groups excluding carboxylic acids is 1. The van der Waals surface area contributed by atoms with Crippen LogP contribution in [0.25, 0.3) is 11.6 Å². The van der Waals surface area contributed by atoms with Gasteiger partial charge in [-0.05, 0) is 11.6 Å². The average Bonchev–Trinajstić information content (AvgIpc) is 3.42. The summed E-state index contributed by atoms with van der Waals surface area (Å²) in [6.07, 6.45) is -12.4. The van der Waals surface area contributed by atoms with Gasteiger partial charge < -0.3 is 19.4 Å². The number of anilines is 2. The van der Waals surface area contributed by atoms with E-state index in [4.69, 9.17) is 9.15 Å². The lowest BCUT2D eigenvalue weighted by atomic mass is 9.96. The van der Waals surface area contributed by atoms with Gasteiger partial charge in [-0.25, -0.2) is 4.98 Å². The Morgan fingerprint density at radius 2 is 1.70 bits per heavy atom. The molecule has 2 aliphatic rings. The quantitative estimate of drug-likeness (QED) is 0.301. The minimum atomic E-state index is -4.82. The maximum atomic E-state index is 13.6. The van der Waals surface area contributed by atoms with Crippen LogP contribution in [-0.2, 0) is 22.1 Å². The molecule has 1 fully saturated rings. The molecule has 0 spiro atoms. The van der Waals surface area contributed by atoms with Gasteiger partial charge in [0.2, 0.25) is 0 Å². The molecule has 0 saturated carbocycles. The van der Waals surface area contributed by atoms with Crippen LogP contribution in [0.15, 0.2) is 76.3 Å². The molecule has 1 saturated heterocycles. The maximum Gasteiger partial charge on any atom is 0.417 e. The van der Waals surface area contributed by atoms with E-state index in [1.807, 2.05) is 54.6 Å². The number of morpholine rings is 1. The Hall–Kier alpha value is -4.79. The van der Waals surface area contributed by atoms with Gasteiger partial charge in [0, 0.05) is 30.3 Å². The summed E-state index contributed by atoms with van der Waals surface area (Å²) in [7, 11) is 0. The van der Waals surface area contributed by atoms with Gasteiger partial charge in [0.15, 0.2) is 23.7 Å². The number of benzene rings is 2. The SMILES string of the molecule is O=C1Cc2ccccc2C(c2ccccc2)=N[C@@H]1Nc1nnc(-c2ncc(C(F)(F)F)cc2N2CCOC(C(F)(F)F)C2)o1. The standard InChI is InChI=1S/C29H22F6N6O3/c30-28(31,32)18-13-20(41-10-11-43-22(15-41)29(33,34)35)24(36-14-18)26-39-40-27(44-26)38-25-21(42)12-17-8-4-5-9-19(17)23(37-25)16-6-2-1-3-7-16/h1-9,13-14,22,25H,10-12,15H2,(H,38,40)/t22?,25-/m1/s1. The van der Waals surface area contributed by atoms with Gasteiger partial charge in [-0.15, -0.1) is 5.10 Å². The van der Waals surface area contributed by atoms with Crippen molar-refractivity contribution in [2.24, 2.45) is 4.99 Å². The van der Waals surface area contributed by atoms with E-state index in [0.717, 1.165) is 21.6 Å². The molecule has 0 aliphatic carbocycles. The number of ether oxygens (including phenoxy) is 1. The Morgan fingerprint density at radius 3 is 2.45 bits per heavy atom. The third kappa shape index (κ3) is 6.00. The van der Waals surface area contributed by atoms with Gasteiger partial charge in [0.25, 0.3) is 5.89 Å². The van der Waals surface area contributed by atoms with Crippen molar-refractivity contribution >= 4 is 23.2 Å². The van der Waals surface area contributed by atoms with Crippen molar-refractivity contribution in [2.75, 3.05) is 29.9 Å². The number of pyridine rings is 1. The van der Waals surface area contributed by atoms with Crippen molar-refractivity contribution in [1.29, 1.82) is 0 Å². The van der Waals surface area contributed by atoms with Gasteiger partial charge in [-0.1, -0.05) is 59.7 Å². The molecule has 2 aromatic carbocycles. The van der Waals surface area contributed by atoms with Gasteiger partial charge in [0.05, 0.1) is 30.1 Å². The highest BCUT2D eigenvalue weighted by atomic mass is 19.4. The summed E-state index contributed by atoms with van der Waals surface area (Å²) in [4.78, 5) is 22.8. The van der Waals surface area contributed by atoms with Crippen molar-refractivity contribution in [3.8, 4) is 11.6 Å². The summed E-state index contributed by atoms with van der Waals surface area (Å²) < 4.78 is 91.3. The van der Waals surface area contributed by atoms with E-state index >= 15 is 0 Å². The maximum absolute atomic E-state index is 13.6. The van der Waals surface area contributed by atoms with Crippen molar-refractivity contribution in [1.82, 2.24) is 15.2 Å². The molecular formula is C29H22F6N6O3. The molecule has 228 valence electrons. The molecule has 15 heteroatoms. The fraction of sp³-hybridized carbons (Fsp3) is 0.276. The van der Waals surface area contributed by atoms with Crippen LogP contribution < -0.4 is 10.2 Å². The Labute approximate surface area is 245 Å². The van der Waals surface area contributed by atoms with Crippen molar-refractivity contribution < 1.29 is 40.3 Å². The molecule has 2 aliphatic heterocycles. The zero-order valence-corrected chi connectivity index (χ0v) is 22.6. The van der Waals surface area contributed by atoms with Crippen LogP contribution in [-0.4, -0.2) is 64.8 Å². The van der Waals surface area contributed by atoms with Crippen LogP contribution in [0.4, 0.5) is 38.0 Å². The van der Waals surface area contributed by atoms with Crippen LogP contribution in [0.2, 0.25) is 0 Å². The van der Waals surface area contributed by atoms with Gasteiger partial charge in [-0.3, -0.25) is 9.79 Å². The second-order valence-electron chi connectivity index (χ2n) is 10.0. The highest BCUT2D eigenvalue weighted by molar-refractivity contribution is 6.16. The van der Waals surface area contributed by atoms with E-state index in [2.05, 4.69) is 25.5 Å².